The highest BCUT2D eigenvalue weighted by Gasteiger charge is 2.23. The smallest absolute Gasteiger partial charge is 0.259 e. The van der Waals surface area contributed by atoms with Gasteiger partial charge in [0, 0.05) is 22.4 Å². The monoisotopic (exact) mass is 494 g/mol. The summed E-state index contributed by atoms with van der Waals surface area (Å²) in [7, 11) is -3.84. The number of nitrogens with two attached hydrogens (primary N) is 1. The van der Waals surface area contributed by atoms with Gasteiger partial charge in [-0.25, -0.2) is 13.6 Å². The van der Waals surface area contributed by atoms with Crippen molar-refractivity contribution in [2.24, 2.45) is 5.14 Å². The van der Waals surface area contributed by atoms with E-state index >= 15 is 0 Å². The van der Waals surface area contributed by atoms with E-state index in [0.717, 1.165) is 5.56 Å². The third-order valence-electron chi connectivity index (χ3n) is 5.63. The lowest BCUT2D eigenvalue weighted by Crippen LogP contribution is -2.28. The molecule has 3 aromatic carbocycles. The minimum atomic E-state index is -3.84. The molecular formula is C26H23ClN2O4S. The van der Waals surface area contributed by atoms with Crippen molar-refractivity contribution in [2.75, 3.05) is 0 Å². The predicted molar refractivity (Wildman–Crippen MR) is 135 cm³/mol. The Kier molecular flexibility index (Phi) is 6.70. The van der Waals surface area contributed by atoms with Crippen LogP contribution in [0.3, 0.4) is 0 Å². The second-order valence-electron chi connectivity index (χ2n) is 8.03. The van der Waals surface area contributed by atoms with Gasteiger partial charge < -0.3 is 0 Å². The molecule has 4 rings (SSSR count). The van der Waals surface area contributed by atoms with Crippen LogP contribution in [0.4, 0.5) is 0 Å². The summed E-state index contributed by atoms with van der Waals surface area (Å²) in [6, 6.07) is 20.4. The number of benzene rings is 3. The normalized spacial score (nSPS) is 11.6. The Balaban J connectivity index is 2.03. The van der Waals surface area contributed by atoms with Gasteiger partial charge in [0.15, 0.2) is 5.78 Å². The summed E-state index contributed by atoms with van der Waals surface area (Å²) in [5.41, 5.74) is 2.10. The second-order valence-corrected chi connectivity index (χ2v) is 10.0. The number of rotatable bonds is 7. The van der Waals surface area contributed by atoms with E-state index < -0.39 is 10.0 Å². The molecule has 34 heavy (non-hydrogen) atoms. The van der Waals surface area contributed by atoms with E-state index in [1.807, 2.05) is 37.3 Å². The van der Waals surface area contributed by atoms with Crippen molar-refractivity contribution in [1.82, 2.24) is 4.57 Å². The second kappa shape index (κ2) is 9.54. The summed E-state index contributed by atoms with van der Waals surface area (Å²) in [5, 5.41) is 6.72. The van der Waals surface area contributed by atoms with E-state index in [0.29, 0.717) is 39.0 Å². The lowest BCUT2D eigenvalue weighted by Gasteiger charge is -2.20. The Hall–Kier alpha value is -3.26. The standard InChI is InChI=1S/C26H23ClN2O4S/c1-2-6-23(30)25-24(18-7-4-3-5-8-18)22-15-19(27)11-14-21(22)26(31)29(25)16-17-9-12-20(13-10-17)34(28,32)33/h3-5,7-15H,2,6,16H2,1H3,(H2,28,32,33). The van der Waals surface area contributed by atoms with Gasteiger partial charge in [0.2, 0.25) is 10.0 Å². The number of halogens is 1. The number of carbonyl (C=O) groups is 1. The number of primary sulfonamides is 1. The zero-order chi connectivity index (χ0) is 24.5. The average Bonchev–Trinajstić information content (AvgIpc) is 2.81. The third kappa shape index (κ3) is 4.68. The molecule has 0 bridgehead atoms. The van der Waals surface area contributed by atoms with E-state index in [4.69, 9.17) is 16.7 Å². The van der Waals surface area contributed by atoms with Crippen LogP contribution in [0.15, 0.2) is 82.5 Å². The largest absolute Gasteiger partial charge is 0.300 e. The van der Waals surface area contributed by atoms with Crippen LogP contribution in [0.1, 0.15) is 35.8 Å². The van der Waals surface area contributed by atoms with Crippen LogP contribution < -0.4 is 10.7 Å². The van der Waals surface area contributed by atoms with Crippen molar-refractivity contribution in [2.45, 2.75) is 31.2 Å². The molecule has 0 aliphatic rings. The number of hydrogen-bond acceptors (Lipinski definition) is 4. The average molecular weight is 495 g/mol. The van der Waals surface area contributed by atoms with Crippen LogP contribution in [0, 0.1) is 0 Å². The van der Waals surface area contributed by atoms with Crippen LogP contribution in [0.25, 0.3) is 21.9 Å². The third-order valence-corrected chi connectivity index (χ3v) is 6.79. The Labute approximate surface area is 202 Å². The highest BCUT2D eigenvalue weighted by Crippen LogP contribution is 2.33. The van der Waals surface area contributed by atoms with Crippen LogP contribution in [-0.2, 0) is 16.6 Å². The minimum Gasteiger partial charge on any atom is -0.300 e. The van der Waals surface area contributed by atoms with E-state index in [1.165, 1.54) is 16.7 Å². The summed E-state index contributed by atoms with van der Waals surface area (Å²) in [6.45, 7) is 2.00. The number of sulfonamides is 1. The SMILES string of the molecule is CCCC(=O)c1c(-c2ccccc2)c2cc(Cl)ccc2c(=O)n1Cc1ccc(S(N)(=O)=O)cc1. The fourth-order valence-electron chi connectivity index (χ4n) is 4.07. The molecule has 1 aromatic heterocycles. The highest BCUT2D eigenvalue weighted by atomic mass is 35.5. The molecule has 4 aromatic rings. The molecule has 0 aliphatic carbocycles. The Morgan fingerprint density at radius 1 is 0.971 bits per heavy atom. The Morgan fingerprint density at radius 2 is 1.65 bits per heavy atom. The number of aromatic nitrogens is 1. The van der Waals surface area contributed by atoms with Crippen molar-refractivity contribution >= 4 is 38.2 Å². The first-order valence-corrected chi connectivity index (χ1v) is 12.7. The van der Waals surface area contributed by atoms with Crippen molar-refractivity contribution in [3.05, 3.63) is 99.4 Å². The molecule has 0 amide bonds. The van der Waals surface area contributed by atoms with Crippen molar-refractivity contribution < 1.29 is 13.2 Å². The van der Waals surface area contributed by atoms with Crippen LogP contribution >= 0.6 is 11.6 Å². The number of carbonyl (C=O) groups excluding carboxylic acids is 1. The summed E-state index contributed by atoms with van der Waals surface area (Å²) >= 11 is 6.29. The number of pyridine rings is 1. The van der Waals surface area contributed by atoms with E-state index in [2.05, 4.69) is 0 Å². The van der Waals surface area contributed by atoms with Gasteiger partial charge in [-0.3, -0.25) is 14.2 Å². The maximum Gasteiger partial charge on any atom is 0.259 e. The number of ketones is 1. The molecule has 2 N–H and O–H groups in total. The van der Waals surface area contributed by atoms with Crippen molar-refractivity contribution in [3.63, 3.8) is 0 Å². The zero-order valence-corrected chi connectivity index (χ0v) is 20.1. The summed E-state index contributed by atoms with van der Waals surface area (Å²) < 4.78 is 24.7. The zero-order valence-electron chi connectivity index (χ0n) is 18.5. The van der Waals surface area contributed by atoms with Gasteiger partial charge in [-0.15, -0.1) is 0 Å². The molecule has 0 radical (unpaired) electrons. The molecule has 0 aliphatic heterocycles. The van der Waals surface area contributed by atoms with E-state index in [1.54, 1.807) is 30.3 Å². The van der Waals surface area contributed by atoms with Gasteiger partial charge in [-0.05, 0) is 53.3 Å². The van der Waals surface area contributed by atoms with Gasteiger partial charge >= 0.3 is 0 Å². The summed E-state index contributed by atoms with van der Waals surface area (Å²) in [5.74, 6) is -0.151. The molecule has 6 nitrogen and oxygen atoms in total. The molecule has 174 valence electrons. The topological polar surface area (TPSA) is 99.2 Å². The van der Waals surface area contributed by atoms with E-state index in [9.17, 15) is 18.0 Å². The quantitative estimate of drug-likeness (QED) is 0.365. The minimum absolute atomic E-state index is 0.0241. The van der Waals surface area contributed by atoms with Crippen LogP contribution in [0.5, 0.6) is 0 Å². The molecule has 0 saturated carbocycles. The van der Waals surface area contributed by atoms with Gasteiger partial charge in [0.25, 0.3) is 5.56 Å². The molecule has 0 saturated heterocycles. The maximum absolute atomic E-state index is 13.6. The van der Waals surface area contributed by atoms with Gasteiger partial charge in [0.05, 0.1) is 17.1 Å². The van der Waals surface area contributed by atoms with Crippen LogP contribution in [0.2, 0.25) is 5.02 Å². The number of Topliss-reactive ketones (excluding diaryl/α,β-unsaturated/α-hetero) is 1. The van der Waals surface area contributed by atoms with Crippen molar-refractivity contribution in [3.8, 4) is 11.1 Å². The fraction of sp³-hybridized carbons (Fsp3) is 0.154. The lowest BCUT2D eigenvalue weighted by atomic mass is 9.93. The number of nitrogens with zero attached hydrogens (tertiary/aromatic N) is 1. The fourth-order valence-corrected chi connectivity index (χ4v) is 4.76. The highest BCUT2D eigenvalue weighted by molar-refractivity contribution is 7.89. The molecule has 1 heterocycles. The number of fused-ring (bicyclic) bond motifs is 1. The molecule has 0 atom stereocenters. The lowest BCUT2D eigenvalue weighted by molar-refractivity contribution is 0.0973. The first kappa shape index (κ1) is 23.9. The Morgan fingerprint density at radius 3 is 2.26 bits per heavy atom. The predicted octanol–water partition coefficient (Wildman–Crippen LogP) is 5.00. The summed E-state index contributed by atoms with van der Waals surface area (Å²) in [4.78, 5) is 27.0. The Bertz CT molecular complexity index is 1540. The maximum atomic E-state index is 13.6. The van der Waals surface area contributed by atoms with E-state index in [-0.39, 0.29) is 29.2 Å². The molecule has 0 spiro atoms. The summed E-state index contributed by atoms with van der Waals surface area (Å²) in [6.07, 6.45) is 0.896. The first-order chi connectivity index (χ1) is 16.2. The first-order valence-electron chi connectivity index (χ1n) is 10.8. The van der Waals surface area contributed by atoms with Crippen LogP contribution in [-0.4, -0.2) is 18.8 Å². The van der Waals surface area contributed by atoms with Gasteiger partial charge in [-0.2, -0.15) is 0 Å². The van der Waals surface area contributed by atoms with Gasteiger partial charge in [-0.1, -0.05) is 61.0 Å². The molecule has 0 unspecified atom stereocenters. The van der Waals surface area contributed by atoms with Gasteiger partial charge in [0.1, 0.15) is 0 Å². The number of hydrogen-bond donors (Lipinski definition) is 1. The molecule has 0 fully saturated rings. The molecular weight excluding hydrogens is 472 g/mol. The van der Waals surface area contributed by atoms with Crippen molar-refractivity contribution in [1.29, 1.82) is 0 Å². The molecule has 8 heteroatoms.